The second kappa shape index (κ2) is 7.96. The predicted octanol–water partition coefficient (Wildman–Crippen LogP) is 2.29. The number of benzene rings is 2. The predicted molar refractivity (Wildman–Crippen MR) is 86.6 cm³/mol. The zero-order valence-corrected chi connectivity index (χ0v) is 13.1. The molecule has 0 fully saturated rings. The highest BCUT2D eigenvalue weighted by Gasteiger charge is 2.25. The standard InChI is InChI=1S/C18H16O7/c19-16(20)13-5-1-12(2-6-13)10-25-14-7-3-11(4-8-14)9-15(17(21)22)18(23)24/h1-8,15H,9-10H2,(H,19,20)(H,21,22)(H,23,24). The Hall–Kier alpha value is -3.35. The third-order valence-electron chi connectivity index (χ3n) is 3.57. The highest BCUT2D eigenvalue weighted by molar-refractivity contribution is 5.93. The molecule has 7 nitrogen and oxygen atoms in total. The van der Waals surface area contributed by atoms with Gasteiger partial charge in [0.25, 0.3) is 0 Å². The molecule has 0 atom stereocenters. The molecule has 7 heteroatoms. The summed E-state index contributed by atoms with van der Waals surface area (Å²) in [4.78, 5) is 32.6. The van der Waals surface area contributed by atoms with E-state index < -0.39 is 23.8 Å². The van der Waals surface area contributed by atoms with E-state index in [1.165, 1.54) is 12.1 Å². The van der Waals surface area contributed by atoms with Crippen LogP contribution in [0.5, 0.6) is 5.75 Å². The Bertz CT molecular complexity index is 749. The van der Waals surface area contributed by atoms with Crippen molar-refractivity contribution >= 4 is 17.9 Å². The second-order valence-corrected chi connectivity index (χ2v) is 5.37. The molecular formula is C18H16O7. The molecule has 0 unspecified atom stereocenters. The lowest BCUT2D eigenvalue weighted by atomic mass is 10.00. The molecule has 0 aromatic heterocycles. The van der Waals surface area contributed by atoms with Crippen LogP contribution in [0.2, 0.25) is 0 Å². The van der Waals surface area contributed by atoms with Crippen molar-refractivity contribution in [1.82, 2.24) is 0 Å². The summed E-state index contributed by atoms with van der Waals surface area (Å²) in [7, 11) is 0. The molecule has 130 valence electrons. The maximum Gasteiger partial charge on any atom is 0.335 e. The Morgan fingerprint density at radius 1 is 0.800 bits per heavy atom. The molecule has 0 aliphatic rings. The molecule has 2 aromatic rings. The van der Waals surface area contributed by atoms with Gasteiger partial charge in [-0.3, -0.25) is 9.59 Å². The molecular weight excluding hydrogens is 328 g/mol. The first kappa shape index (κ1) is 18.0. The molecule has 2 aromatic carbocycles. The van der Waals surface area contributed by atoms with Crippen molar-refractivity contribution in [3.8, 4) is 5.75 Å². The molecule has 0 radical (unpaired) electrons. The van der Waals surface area contributed by atoms with E-state index in [4.69, 9.17) is 20.1 Å². The topological polar surface area (TPSA) is 121 Å². The summed E-state index contributed by atoms with van der Waals surface area (Å²) < 4.78 is 5.57. The van der Waals surface area contributed by atoms with Crippen LogP contribution in [0.4, 0.5) is 0 Å². The van der Waals surface area contributed by atoms with E-state index in [1.807, 2.05) is 0 Å². The zero-order valence-electron chi connectivity index (χ0n) is 13.1. The number of carbonyl (C=O) groups is 3. The monoisotopic (exact) mass is 344 g/mol. The molecule has 25 heavy (non-hydrogen) atoms. The first-order valence-corrected chi connectivity index (χ1v) is 7.36. The summed E-state index contributed by atoms with van der Waals surface area (Å²) in [6.45, 7) is 0.242. The Labute approximate surface area is 143 Å². The third-order valence-corrected chi connectivity index (χ3v) is 3.57. The summed E-state index contributed by atoms with van der Waals surface area (Å²) in [6.07, 6.45) is -0.110. The molecule has 2 rings (SSSR count). The summed E-state index contributed by atoms with van der Waals surface area (Å²) in [6, 6.07) is 12.8. The fourth-order valence-electron chi connectivity index (χ4n) is 2.15. The van der Waals surface area contributed by atoms with Gasteiger partial charge in [-0.15, -0.1) is 0 Å². The first-order valence-electron chi connectivity index (χ1n) is 7.36. The molecule has 0 amide bonds. The lowest BCUT2D eigenvalue weighted by Gasteiger charge is -2.09. The minimum Gasteiger partial charge on any atom is -0.489 e. The van der Waals surface area contributed by atoms with E-state index in [1.54, 1.807) is 36.4 Å². The number of carboxylic acids is 3. The van der Waals surface area contributed by atoms with Gasteiger partial charge in [0.2, 0.25) is 0 Å². The number of aromatic carboxylic acids is 1. The highest BCUT2D eigenvalue weighted by Crippen LogP contribution is 2.17. The molecule has 0 spiro atoms. The van der Waals surface area contributed by atoms with E-state index in [0.29, 0.717) is 11.3 Å². The van der Waals surface area contributed by atoms with Gasteiger partial charge in [-0.25, -0.2) is 4.79 Å². The van der Waals surface area contributed by atoms with Crippen LogP contribution in [0, 0.1) is 5.92 Å². The number of aliphatic carboxylic acids is 2. The Kier molecular flexibility index (Phi) is 5.73. The summed E-state index contributed by atoms with van der Waals surface area (Å²) >= 11 is 0. The van der Waals surface area contributed by atoms with Crippen LogP contribution < -0.4 is 4.74 Å². The van der Waals surface area contributed by atoms with Gasteiger partial charge in [0.1, 0.15) is 12.4 Å². The van der Waals surface area contributed by atoms with Crippen molar-refractivity contribution in [2.45, 2.75) is 13.0 Å². The average Bonchev–Trinajstić information content (AvgIpc) is 2.58. The number of rotatable bonds is 8. The fraction of sp³-hybridized carbons (Fsp3) is 0.167. The lowest BCUT2D eigenvalue weighted by Crippen LogP contribution is -2.25. The van der Waals surface area contributed by atoms with Gasteiger partial charge in [-0.05, 0) is 41.8 Å². The SMILES string of the molecule is O=C(O)c1ccc(COc2ccc(CC(C(=O)O)C(=O)O)cc2)cc1. The summed E-state index contributed by atoms with van der Waals surface area (Å²) in [5, 5.41) is 26.6. The molecule has 0 aliphatic heterocycles. The Morgan fingerprint density at radius 2 is 1.32 bits per heavy atom. The van der Waals surface area contributed by atoms with E-state index in [2.05, 4.69) is 0 Å². The van der Waals surface area contributed by atoms with Gasteiger partial charge < -0.3 is 20.1 Å². The highest BCUT2D eigenvalue weighted by atomic mass is 16.5. The van der Waals surface area contributed by atoms with Gasteiger partial charge >= 0.3 is 17.9 Å². The Balaban J connectivity index is 1.95. The second-order valence-electron chi connectivity index (χ2n) is 5.37. The van der Waals surface area contributed by atoms with Gasteiger partial charge in [-0.1, -0.05) is 24.3 Å². The minimum absolute atomic E-state index is 0.110. The van der Waals surface area contributed by atoms with Crippen LogP contribution in [-0.2, 0) is 22.6 Å². The molecule has 0 aliphatic carbocycles. The summed E-state index contributed by atoms with van der Waals surface area (Å²) in [5.74, 6) is -4.70. The van der Waals surface area contributed by atoms with Crippen molar-refractivity contribution in [2.24, 2.45) is 5.92 Å². The van der Waals surface area contributed by atoms with E-state index in [-0.39, 0.29) is 18.6 Å². The summed E-state index contributed by atoms with van der Waals surface area (Å²) in [5.41, 5.74) is 1.57. The van der Waals surface area contributed by atoms with Crippen molar-refractivity contribution in [2.75, 3.05) is 0 Å². The lowest BCUT2D eigenvalue weighted by molar-refractivity contribution is -0.154. The number of ether oxygens (including phenoxy) is 1. The maximum atomic E-state index is 10.9. The van der Waals surface area contributed by atoms with Crippen molar-refractivity contribution in [1.29, 1.82) is 0 Å². The number of hydrogen-bond acceptors (Lipinski definition) is 4. The molecule has 0 heterocycles. The quantitative estimate of drug-likeness (QED) is 0.628. The van der Waals surface area contributed by atoms with Gasteiger partial charge in [-0.2, -0.15) is 0 Å². The number of carboxylic acid groups (broad SMARTS) is 3. The molecule has 0 saturated carbocycles. The third kappa shape index (κ3) is 5.07. The van der Waals surface area contributed by atoms with Gasteiger partial charge in [0.15, 0.2) is 5.92 Å². The van der Waals surface area contributed by atoms with Gasteiger partial charge in [0, 0.05) is 0 Å². The average molecular weight is 344 g/mol. The van der Waals surface area contributed by atoms with Crippen LogP contribution in [0.25, 0.3) is 0 Å². The minimum atomic E-state index is -1.49. The van der Waals surface area contributed by atoms with E-state index in [0.717, 1.165) is 5.56 Å². The first-order chi connectivity index (χ1) is 11.9. The number of hydrogen-bond donors (Lipinski definition) is 3. The van der Waals surface area contributed by atoms with Crippen LogP contribution in [0.3, 0.4) is 0 Å². The smallest absolute Gasteiger partial charge is 0.335 e. The maximum absolute atomic E-state index is 10.9. The van der Waals surface area contributed by atoms with Crippen molar-refractivity contribution in [3.63, 3.8) is 0 Å². The fourth-order valence-corrected chi connectivity index (χ4v) is 2.15. The van der Waals surface area contributed by atoms with E-state index >= 15 is 0 Å². The molecule has 0 bridgehead atoms. The normalized spacial score (nSPS) is 10.4. The van der Waals surface area contributed by atoms with Crippen molar-refractivity contribution in [3.05, 3.63) is 65.2 Å². The van der Waals surface area contributed by atoms with Crippen molar-refractivity contribution < 1.29 is 34.4 Å². The van der Waals surface area contributed by atoms with Gasteiger partial charge in [0.05, 0.1) is 5.56 Å². The zero-order chi connectivity index (χ0) is 18.4. The Morgan fingerprint density at radius 3 is 1.80 bits per heavy atom. The molecule has 0 saturated heterocycles. The van der Waals surface area contributed by atoms with Crippen LogP contribution >= 0.6 is 0 Å². The van der Waals surface area contributed by atoms with Crippen LogP contribution in [-0.4, -0.2) is 33.2 Å². The largest absolute Gasteiger partial charge is 0.489 e. The molecule has 3 N–H and O–H groups in total. The van der Waals surface area contributed by atoms with Crippen LogP contribution in [0.15, 0.2) is 48.5 Å². The van der Waals surface area contributed by atoms with Crippen LogP contribution in [0.1, 0.15) is 21.5 Å². The van der Waals surface area contributed by atoms with E-state index in [9.17, 15) is 14.4 Å².